The molecule has 1 rings (SSSR count). The van der Waals surface area contributed by atoms with Crippen molar-refractivity contribution >= 4 is 5.69 Å². The van der Waals surface area contributed by atoms with Crippen LogP contribution in [0.25, 0.3) is 0 Å². The first-order valence-electron chi connectivity index (χ1n) is 4.62. The third-order valence-electron chi connectivity index (χ3n) is 2.19. The first kappa shape index (κ1) is 11.7. The number of hydrogen-bond acceptors (Lipinski definition) is 3. The monoisotopic (exact) mass is 208 g/mol. The van der Waals surface area contributed by atoms with Crippen LogP contribution in [0.3, 0.4) is 0 Å². The van der Waals surface area contributed by atoms with E-state index >= 15 is 0 Å². The van der Waals surface area contributed by atoms with Gasteiger partial charge in [-0.3, -0.25) is 10.1 Å². The predicted octanol–water partition coefficient (Wildman–Crippen LogP) is 2.77. The quantitative estimate of drug-likeness (QED) is 0.600. The zero-order valence-electron chi connectivity index (χ0n) is 9.02. The second-order valence-corrected chi connectivity index (χ2v) is 4.41. The highest BCUT2D eigenvalue weighted by Gasteiger charge is 2.20. The summed E-state index contributed by atoms with van der Waals surface area (Å²) in [5.41, 5.74) is 1.22. The highest BCUT2D eigenvalue weighted by molar-refractivity contribution is 5.45. The van der Waals surface area contributed by atoms with E-state index in [2.05, 4.69) is 0 Å². The number of benzene rings is 1. The molecule has 0 amide bonds. The molecule has 0 unspecified atom stereocenters. The minimum Gasteiger partial charge on any atom is -0.385 e. The lowest BCUT2D eigenvalue weighted by atomic mass is 9.84. The van der Waals surface area contributed by atoms with Crippen LogP contribution in [-0.4, -0.2) is 10.0 Å². The van der Waals surface area contributed by atoms with E-state index in [9.17, 15) is 10.1 Å². The van der Waals surface area contributed by atoms with Crippen molar-refractivity contribution in [2.24, 2.45) is 0 Å². The topological polar surface area (TPSA) is 63.4 Å². The highest BCUT2D eigenvalue weighted by Crippen LogP contribution is 2.29. The van der Waals surface area contributed by atoms with E-state index in [1.807, 2.05) is 20.8 Å². The largest absolute Gasteiger partial charge is 0.385 e. The maximum absolute atomic E-state index is 10.5. The maximum Gasteiger partial charge on any atom is 0.269 e. The van der Waals surface area contributed by atoms with Crippen molar-refractivity contribution in [1.82, 2.24) is 0 Å². The molecule has 4 nitrogen and oxygen atoms in total. The van der Waals surface area contributed by atoms with Gasteiger partial charge in [-0.05, 0) is 16.5 Å². The van der Waals surface area contributed by atoms with Gasteiger partial charge in [0.1, 0.15) is 6.61 Å². The van der Waals surface area contributed by atoms with Crippen LogP contribution in [0.5, 0.6) is 0 Å². The summed E-state index contributed by atoms with van der Waals surface area (Å²) in [6, 6.07) is 4.51. The molecule has 15 heavy (non-hydrogen) atoms. The highest BCUT2D eigenvalue weighted by atomic mass is 16.6. The van der Waals surface area contributed by atoms with Gasteiger partial charge >= 0.3 is 0 Å². The number of non-ortho nitro benzene ring substituents is 1. The Labute approximate surface area is 88.7 Å². The third kappa shape index (κ3) is 2.53. The minimum atomic E-state index is -0.473. The predicted molar refractivity (Wildman–Crippen MR) is 57.1 cm³/mol. The summed E-state index contributed by atoms with van der Waals surface area (Å²) in [5.74, 6) is 0. The second kappa shape index (κ2) is 3.98. The lowest BCUT2D eigenvalue weighted by Gasteiger charge is -2.21. The second-order valence-electron chi connectivity index (χ2n) is 4.41. The van der Waals surface area contributed by atoms with Gasteiger partial charge in [-0.1, -0.05) is 26.8 Å². The molecule has 0 aliphatic heterocycles. The standard InChI is InChI=1S/C11H14NO3/c1-11(2,3)10-5-4-9(12(14)15)6-8(10)7-13/h4-7,13H,1-3H3. The number of nitro groups is 1. The van der Waals surface area contributed by atoms with E-state index in [0.29, 0.717) is 5.56 Å². The minimum absolute atomic E-state index is 0.0108. The number of rotatable bonds is 2. The van der Waals surface area contributed by atoms with Gasteiger partial charge in [0.05, 0.1) is 4.92 Å². The average molecular weight is 208 g/mol. The maximum atomic E-state index is 10.5. The van der Waals surface area contributed by atoms with E-state index in [-0.39, 0.29) is 11.1 Å². The molecule has 0 fully saturated rings. The summed E-state index contributed by atoms with van der Waals surface area (Å²) in [6.45, 7) is 6.87. The van der Waals surface area contributed by atoms with Gasteiger partial charge in [0.25, 0.3) is 5.69 Å². The summed E-state index contributed by atoms with van der Waals surface area (Å²) in [6.07, 6.45) is 0. The zero-order chi connectivity index (χ0) is 11.6. The van der Waals surface area contributed by atoms with Gasteiger partial charge in [-0.2, -0.15) is 0 Å². The van der Waals surface area contributed by atoms with Crippen LogP contribution in [0.4, 0.5) is 5.69 Å². The number of hydrogen-bond donors (Lipinski definition) is 1. The van der Waals surface area contributed by atoms with E-state index in [1.165, 1.54) is 12.1 Å². The van der Waals surface area contributed by atoms with Crippen molar-refractivity contribution in [3.63, 3.8) is 0 Å². The molecular formula is C11H14NO3. The molecule has 1 aromatic carbocycles. The molecule has 0 heterocycles. The Balaban J connectivity index is 3.27. The van der Waals surface area contributed by atoms with Crippen LogP contribution in [-0.2, 0) is 5.41 Å². The van der Waals surface area contributed by atoms with Crippen molar-refractivity contribution in [2.75, 3.05) is 0 Å². The molecule has 0 aromatic heterocycles. The van der Waals surface area contributed by atoms with Crippen molar-refractivity contribution in [3.8, 4) is 0 Å². The van der Waals surface area contributed by atoms with Gasteiger partial charge in [-0.25, -0.2) is 0 Å². The van der Waals surface area contributed by atoms with Crippen LogP contribution in [0.2, 0.25) is 0 Å². The smallest absolute Gasteiger partial charge is 0.269 e. The fraction of sp³-hybridized carbons (Fsp3) is 0.364. The Morgan fingerprint density at radius 3 is 2.40 bits per heavy atom. The Morgan fingerprint density at radius 2 is 2.00 bits per heavy atom. The summed E-state index contributed by atoms with van der Waals surface area (Å²) in [7, 11) is 0. The molecule has 0 atom stereocenters. The Kier molecular flexibility index (Phi) is 3.09. The SMILES string of the molecule is CC(C)(C)c1ccc([N+](=O)[O-])cc1[CH]O. The Hall–Kier alpha value is -1.42. The molecule has 0 spiro atoms. The van der Waals surface area contributed by atoms with E-state index in [4.69, 9.17) is 5.11 Å². The van der Waals surface area contributed by atoms with Crippen LogP contribution < -0.4 is 0 Å². The fourth-order valence-electron chi connectivity index (χ4n) is 1.45. The number of nitro benzene ring substituents is 1. The zero-order valence-corrected chi connectivity index (χ0v) is 9.02. The number of nitrogens with zero attached hydrogens (tertiary/aromatic N) is 1. The normalized spacial score (nSPS) is 11.5. The van der Waals surface area contributed by atoms with Crippen molar-refractivity contribution < 1.29 is 10.0 Å². The van der Waals surface area contributed by atoms with Gasteiger partial charge in [0, 0.05) is 12.1 Å². The Morgan fingerprint density at radius 1 is 1.40 bits per heavy atom. The first-order valence-corrected chi connectivity index (χ1v) is 4.62. The average Bonchev–Trinajstić information content (AvgIpc) is 2.15. The van der Waals surface area contributed by atoms with Gasteiger partial charge in [-0.15, -0.1) is 0 Å². The molecule has 0 bridgehead atoms. The lowest BCUT2D eigenvalue weighted by molar-refractivity contribution is -0.384. The molecule has 1 aromatic rings. The summed E-state index contributed by atoms with van der Waals surface area (Å²) in [5, 5.41) is 19.6. The molecule has 0 saturated heterocycles. The van der Waals surface area contributed by atoms with Crippen LogP contribution in [0.15, 0.2) is 18.2 Å². The van der Waals surface area contributed by atoms with E-state index in [1.54, 1.807) is 6.07 Å². The van der Waals surface area contributed by atoms with Crippen molar-refractivity contribution in [2.45, 2.75) is 26.2 Å². The number of aliphatic hydroxyl groups is 1. The number of aliphatic hydroxyl groups excluding tert-OH is 1. The molecule has 1 radical (unpaired) electrons. The molecule has 0 aliphatic carbocycles. The summed E-state index contributed by atoms with van der Waals surface area (Å²) < 4.78 is 0. The Bertz CT molecular complexity index is 380. The fourth-order valence-corrected chi connectivity index (χ4v) is 1.45. The van der Waals surface area contributed by atoms with Crippen LogP contribution >= 0.6 is 0 Å². The van der Waals surface area contributed by atoms with Gasteiger partial charge in [0.15, 0.2) is 0 Å². The van der Waals surface area contributed by atoms with Crippen LogP contribution in [0, 0.1) is 16.7 Å². The lowest BCUT2D eigenvalue weighted by Crippen LogP contribution is -2.14. The first-order chi connectivity index (χ1) is 6.86. The molecule has 1 N–H and O–H groups in total. The van der Waals surface area contributed by atoms with E-state index in [0.717, 1.165) is 12.2 Å². The van der Waals surface area contributed by atoms with Crippen molar-refractivity contribution in [3.05, 3.63) is 46.0 Å². The van der Waals surface area contributed by atoms with E-state index < -0.39 is 4.92 Å². The molecule has 0 aliphatic rings. The van der Waals surface area contributed by atoms with Gasteiger partial charge < -0.3 is 5.11 Å². The summed E-state index contributed by atoms with van der Waals surface area (Å²) >= 11 is 0. The molecule has 0 saturated carbocycles. The third-order valence-corrected chi connectivity index (χ3v) is 2.19. The van der Waals surface area contributed by atoms with Crippen molar-refractivity contribution in [1.29, 1.82) is 0 Å². The molecular weight excluding hydrogens is 194 g/mol. The molecule has 4 heteroatoms. The molecule has 81 valence electrons. The van der Waals surface area contributed by atoms with Crippen LogP contribution in [0.1, 0.15) is 31.9 Å². The summed E-state index contributed by atoms with van der Waals surface area (Å²) in [4.78, 5) is 10.1. The van der Waals surface area contributed by atoms with Gasteiger partial charge in [0.2, 0.25) is 0 Å².